The molecule has 2 saturated heterocycles. The average molecular weight is 314 g/mol. The third-order valence-electron chi connectivity index (χ3n) is 5.20. The van der Waals surface area contributed by atoms with E-state index in [2.05, 4.69) is 11.8 Å². The normalized spacial score (nSPS) is 22.7. The molecule has 3 rings (SSSR count). The first-order valence-electron chi connectivity index (χ1n) is 8.77. The fourth-order valence-electron chi connectivity index (χ4n) is 3.68. The van der Waals surface area contributed by atoms with Gasteiger partial charge in [0, 0.05) is 43.6 Å². The first-order valence-corrected chi connectivity index (χ1v) is 8.77. The number of hydrogen-bond donors (Lipinski definition) is 0. The number of carbonyl (C=O) groups excluding carboxylic acids is 2. The van der Waals surface area contributed by atoms with Crippen LogP contribution in [-0.2, 0) is 4.79 Å². The fourth-order valence-corrected chi connectivity index (χ4v) is 3.68. The lowest BCUT2D eigenvalue weighted by Gasteiger charge is -2.49. The molecule has 0 spiro atoms. The molecular formula is C19H26N2O2. The van der Waals surface area contributed by atoms with Crippen molar-refractivity contribution in [1.82, 2.24) is 9.80 Å². The molecule has 23 heavy (non-hydrogen) atoms. The van der Waals surface area contributed by atoms with Crippen LogP contribution in [0.25, 0.3) is 0 Å². The van der Waals surface area contributed by atoms with Crippen LogP contribution in [0.2, 0.25) is 0 Å². The van der Waals surface area contributed by atoms with E-state index < -0.39 is 0 Å². The van der Waals surface area contributed by atoms with Gasteiger partial charge in [-0.3, -0.25) is 14.5 Å². The summed E-state index contributed by atoms with van der Waals surface area (Å²) in [5.41, 5.74) is 0.698. The molecule has 2 aliphatic heterocycles. The predicted molar refractivity (Wildman–Crippen MR) is 90.4 cm³/mol. The molecule has 0 aliphatic carbocycles. The fraction of sp³-hybridized carbons (Fsp3) is 0.579. The topological polar surface area (TPSA) is 40.6 Å². The van der Waals surface area contributed by atoms with Crippen molar-refractivity contribution in [3.63, 3.8) is 0 Å². The number of ketones is 1. The first kappa shape index (κ1) is 16.2. The number of carbonyl (C=O) groups is 2. The van der Waals surface area contributed by atoms with Crippen molar-refractivity contribution < 1.29 is 9.59 Å². The minimum atomic E-state index is 0.0562. The molecule has 1 aromatic carbocycles. The van der Waals surface area contributed by atoms with Crippen molar-refractivity contribution >= 4 is 11.7 Å². The zero-order chi connectivity index (χ0) is 16.2. The smallest absolute Gasteiger partial charge is 0.223 e. The van der Waals surface area contributed by atoms with Gasteiger partial charge in [0.15, 0.2) is 5.78 Å². The molecule has 0 N–H and O–H groups in total. The summed E-state index contributed by atoms with van der Waals surface area (Å²) in [5.74, 6) is 0.177. The Bertz CT molecular complexity index is 552. The second-order valence-electron chi connectivity index (χ2n) is 6.82. The van der Waals surface area contributed by atoms with Crippen molar-refractivity contribution in [2.75, 3.05) is 19.6 Å². The predicted octanol–water partition coefficient (Wildman–Crippen LogP) is 2.73. The van der Waals surface area contributed by atoms with Crippen molar-refractivity contribution in [2.24, 2.45) is 0 Å². The zero-order valence-electron chi connectivity index (χ0n) is 13.9. The molecule has 4 nitrogen and oxygen atoms in total. The lowest BCUT2D eigenvalue weighted by atomic mass is 9.97. The molecule has 0 radical (unpaired) electrons. The van der Waals surface area contributed by atoms with Gasteiger partial charge < -0.3 is 4.90 Å². The molecule has 124 valence electrons. The van der Waals surface area contributed by atoms with Crippen LogP contribution in [0, 0.1) is 0 Å². The molecule has 4 heteroatoms. The van der Waals surface area contributed by atoms with Gasteiger partial charge in [0.05, 0.1) is 0 Å². The molecule has 0 aromatic heterocycles. The van der Waals surface area contributed by atoms with Gasteiger partial charge in [-0.2, -0.15) is 0 Å². The van der Waals surface area contributed by atoms with Crippen LogP contribution in [0.15, 0.2) is 30.3 Å². The van der Waals surface area contributed by atoms with E-state index in [-0.39, 0.29) is 11.7 Å². The van der Waals surface area contributed by atoms with Gasteiger partial charge in [0.2, 0.25) is 5.91 Å². The summed E-state index contributed by atoms with van der Waals surface area (Å²) in [4.78, 5) is 28.7. The Balaban J connectivity index is 1.41. The Hall–Kier alpha value is -1.68. The number of piperidine rings is 1. The lowest BCUT2D eigenvalue weighted by Crippen LogP contribution is -2.63. The van der Waals surface area contributed by atoms with Crippen LogP contribution < -0.4 is 0 Å². The van der Waals surface area contributed by atoms with Gasteiger partial charge in [0.25, 0.3) is 0 Å². The maximum atomic E-state index is 12.2. The van der Waals surface area contributed by atoms with Crippen LogP contribution in [0.1, 0.15) is 49.4 Å². The summed E-state index contributed by atoms with van der Waals surface area (Å²) < 4.78 is 0. The number of amides is 1. The molecule has 1 aromatic rings. The van der Waals surface area contributed by atoms with Gasteiger partial charge in [-0.1, -0.05) is 36.8 Å². The Kier molecular flexibility index (Phi) is 5.11. The third-order valence-corrected chi connectivity index (χ3v) is 5.20. The molecule has 2 heterocycles. The Morgan fingerprint density at radius 2 is 1.83 bits per heavy atom. The van der Waals surface area contributed by atoms with Crippen LogP contribution >= 0.6 is 0 Å². The largest absolute Gasteiger partial charge is 0.339 e. The van der Waals surface area contributed by atoms with Crippen molar-refractivity contribution in [3.05, 3.63) is 35.9 Å². The highest BCUT2D eigenvalue weighted by Gasteiger charge is 2.37. The van der Waals surface area contributed by atoms with Crippen LogP contribution in [0.3, 0.4) is 0 Å². The maximum Gasteiger partial charge on any atom is 0.223 e. The lowest BCUT2D eigenvalue weighted by molar-refractivity contribution is -0.139. The minimum absolute atomic E-state index is 0.0562. The molecule has 0 bridgehead atoms. The molecule has 1 amide bonds. The van der Waals surface area contributed by atoms with E-state index in [1.165, 1.54) is 25.8 Å². The van der Waals surface area contributed by atoms with Crippen LogP contribution in [-0.4, -0.2) is 53.2 Å². The highest BCUT2D eigenvalue weighted by atomic mass is 16.2. The highest BCUT2D eigenvalue weighted by molar-refractivity contribution is 5.97. The first-order chi connectivity index (χ1) is 11.1. The summed E-state index contributed by atoms with van der Waals surface area (Å²) >= 11 is 0. The van der Waals surface area contributed by atoms with E-state index in [1.54, 1.807) is 0 Å². The summed E-state index contributed by atoms with van der Waals surface area (Å²) in [6.07, 6.45) is 4.52. The number of rotatable bonds is 5. The molecule has 0 saturated carbocycles. The number of likely N-dealkylation sites (tertiary alicyclic amines) is 2. The number of Topliss-reactive ketones (excluding diaryl/α,β-unsaturated/α-hetero) is 1. The van der Waals surface area contributed by atoms with Gasteiger partial charge in [-0.15, -0.1) is 0 Å². The van der Waals surface area contributed by atoms with Crippen molar-refractivity contribution in [3.8, 4) is 0 Å². The summed E-state index contributed by atoms with van der Waals surface area (Å²) in [5, 5.41) is 0. The van der Waals surface area contributed by atoms with E-state index in [9.17, 15) is 9.59 Å². The molecule has 2 fully saturated rings. The summed E-state index contributed by atoms with van der Waals surface area (Å²) in [6, 6.07) is 10.4. The van der Waals surface area contributed by atoms with Crippen LogP contribution in [0.4, 0.5) is 0 Å². The van der Waals surface area contributed by atoms with Crippen LogP contribution in [0.5, 0.6) is 0 Å². The standard InChI is InChI=1S/C19H26N2O2/c1-15-7-5-6-12-21(15)17-13-20(14-17)19(23)11-10-18(22)16-8-3-2-4-9-16/h2-4,8-9,15,17H,5-7,10-14H2,1H3/t15-/m1/s1. The number of nitrogens with zero attached hydrogens (tertiary/aromatic N) is 2. The minimum Gasteiger partial charge on any atom is -0.339 e. The molecule has 2 aliphatic rings. The maximum absolute atomic E-state index is 12.2. The van der Waals surface area contributed by atoms with E-state index in [0.29, 0.717) is 30.5 Å². The van der Waals surface area contributed by atoms with E-state index in [1.807, 2.05) is 35.2 Å². The van der Waals surface area contributed by atoms with Gasteiger partial charge >= 0.3 is 0 Å². The Morgan fingerprint density at radius 1 is 1.09 bits per heavy atom. The summed E-state index contributed by atoms with van der Waals surface area (Å²) in [7, 11) is 0. The van der Waals surface area contributed by atoms with E-state index in [4.69, 9.17) is 0 Å². The van der Waals surface area contributed by atoms with Gasteiger partial charge in [-0.25, -0.2) is 0 Å². The van der Waals surface area contributed by atoms with E-state index in [0.717, 1.165) is 13.1 Å². The molecule has 0 unspecified atom stereocenters. The number of hydrogen-bond acceptors (Lipinski definition) is 3. The third kappa shape index (κ3) is 3.81. The average Bonchev–Trinajstić information content (AvgIpc) is 2.54. The van der Waals surface area contributed by atoms with Gasteiger partial charge in [-0.05, 0) is 26.3 Å². The second kappa shape index (κ2) is 7.26. The van der Waals surface area contributed by atoms with Crippen molar-refractivity contribution in [2.45, 2.75) is 51.1 Å². The number of benzene rings is 1. The Morgan fingerprint density at radius 3 is 2.52 bits per heavy atom. The van der Waals surface area contributed by atoms with Gasteiger partial charge in [0.1, 0.15) is 0 Å². The highest BCUT2D eigenvalue weighted by Crippen LogP contribution is 2.25. The van der Waals surface area contributed by atoms with Crippen molar-refractivity contribution in [1.29, 1.82) is 0 Å². The Labute approximate surface area is 138 Å². The monoisotopic (exact) mass is 314 g/mol. The summed E-state index contributed by atoms with van der Waals surface area (Å²) in [6.45, 7) is 5.13. The quantitative estimate of drug-likeness (QED) is 0.785. The zero-order valence-corrected chi connectivity index (χ0v) is 13.9. The molecular weight excluding hydrogens is 288 g/mol. The second-order valence-corrected chi connectivity index (χ2v) is 6.82. The SMILES string of the molecule is C[C@@H]1CCCCN1C1CN(C(=O)CCC(=O)c2ccccc2)C1. The molecule has 1 atom stereocenters. The van der Waals surface area contributed by atoms with E-state index >= 15 is 0 Å².